The number of amides is 2. The number of hydrogen-bond acceptors (Lipinski definition) is 11. The average Bonchev–Trinajstić information content (AvgIpc) is 3.01. The van der Waals surface area contributed by atoms with Crippen LogP contribution in [0.5, 0.6) is 0 Å². The number of ether oxygens (including phenoxy) is 1. The normalized spacial score (nSPS) is 20.0. The number of thiazole rings is 1. The topological polar surface area (TPSA) is 191 Å². The molecule has 1 aromatic heterocycles. The summed E-state index contributed by atoms with van der Waals surface area (Å²) >= 11 is 1.03. The van der Waals surface area contributed by atoms with Crippen molar-refractivity contribution in [3.8, 4) is 0 Å². The van der Waals surface area contributed by atoms with E-state index in [1.165, 1.54) is 12.5 Å². The second-order valence-electron chi connectivity index (χ2n) is 5.10. The fourth-order valence-corrected chi connectivity index (χ4v) is 3.74. The van der Waals surface area contributed by atoms with Crippen LogP contribution < -0.4 is 11.1 Å². The van der Waals surface area contributed by atoms with Crippen LogP contribution >= 0.6 is 11.3 Å². The van der Waals surface area contributed by atoms with Gasteiger partial charge in [-0.1, -0.05) is 5.16 Å². The van der Waals surface area contributed by atoms with E-state index in [1.807, 2.05) is 0 Å². The summed E-state index contributed by atoms with van der Waals surface area (Å²) in [7, 11) is -2.69. The summed E-state index contributed by atoms with van der Waals surface area (Å²) in [5.74, 6) is -2.90. The SMILES string of the molecule is CO/N=C(\C(=O)NC1C(=O)N(S(=O)(=O)O)C1CC(=O)OC)c1csc(N)n1. The van der Waals surface area contributed by atoms with Crippen LogP contribution in [0.4, 0.5) is 5.13 Å². The Kier molecular flexibility index (Phi) is 5.97. The molecule has 0 radical (unpaired) electrons. The van der Waals surface area contributed by atoms with Gasteiger partial charge in [0, 0.05) is 5.38 Å². The van der Waals surface area contributed by atoms with Crippen LogP contribution in [0.25, 0.3) is 0 Å². The molecular weight excluding hydrogens is 406 g/mol. The van der Waals surface area contributed by atoms with Gasteiger partial charge in [-0.15, -0.1) is 11.3 Å². The molecule has 0 saturated carbocycles. The van der Waals surface area contributed by atoms with Crippen molar-refractivity contribution in [1.82, 2.24) is 14.6 Å². The Labute approximate surface area is 157 Å². The first-order valence-corrected chi connectivity index (χ1v) is 9.38. The van der Waals surface area contributed by atoms with Gasteiger partial charge in [0.05, 0.1) is 19.6 Å². The van der Waals surface area contributed by atoms with E-state index in [1.54, 1.807) is 0 Å². The van der Waals surface area contributed by atoms with E-state index < -0.39 is 46.6 Å². The highest BCUT2D eigenvalue weighted by molar-refractivity contribution is 7.84. The van der Waals surface area contributed by atoms with Crippen molar-refractivity contribution >= 4 is 50.3 Å². The molecule has 13 nitrogen and oxygen atoms in total. The highest BCUT2D eigenvalue weighted by Crippen LogP contribution is 2.26. The van der Waals surface area contributed by atoms with Crippen LogP contribution in [0.2, 0.25) is 0 Å². The number of rotatable bonds is 7. The molecule has 2 atom stereocenters. The summed E-state index contributed by atoms with van der Waals surface area (Å²) < 4.78 is 36.3. The number of carbonyl (C=O) groups excluding carboxylic acids is 3. The lowest BCUT2D eigenvalue weighted by Gasteiger charge is -2.43. The molecule has 2 unspecified atom stereocenters. The Morgan fingerprint density at radius 2 is 2.15 bits per heavy atom. The first-order valence-electron chi connectivity index (χ1n) is 7.11. The molecule has 2 amide bonds. The second kappa shape index (κ2) is 7.85. The zero-order valence-electron chi connectivity index (χ0n) is 14.0. The third-order valence-corrected chi connectivity index (χ3v) is 5.09. The second-order valence-corrected chi connectivity index (χ2v) is 7.28. The number of carbonyl (C=O) groups is 3. The highest BCUT2D eigenvalue weighted by Gasteiger charge is 2.55. The summed E-state index contributed by atoms with van der Waals surface area (Å²) in [4.78, 5) is 44.4. The zero-order valence-corrected chi connectivity index (χ0v) is 15.6. The van der Waals surface area contributed by atoms with Gasteiger partial charge in [0.2, 0.25) is 0 Å². The number of nitrogens with one attached hydrogen (secondary N) is 1. The van der Waals surface area contributed by atoms with Crippen molar-refractivity contribution < 1.29 is 36.9 Å². The molecule has 27 heavy (non-hydrogen) atoms. The summed E-state index contributed by atoms with van der Waals surface area (Å²) in [6.07, 6.45) is -0.576. The molecule has 4 N–H and O–H groups in total. The summed E-state index contributed by atoms with van der Waals surface area (Å²) in [6.45, 7) is 0. The van der Waals surface area contributed by atoms with Gasteiger partial charge in [-0.25, -0.2) is 9.29 Å². The monoisotopic (exact) mass is 421 g/mol. The molecule has 148 valence electrons. The molecule has 2 rings (SSSR count). The van der Waals surface area contributed by atoms with Crippen LogP contribution in [0.3, 0.4) is 0 Å². The Balaban J connectivity index is 2.24. The van der Waals surface area contributed by atoms with E-state index in [2.05, 4.69) is 25.0 Å². The minimum absolute atomic E-state index is 0.0692. The minimum atomic E-state index is -4.92. The molecule has 0 aromatic carbocycles. The van der Waals surface area contributed by atoms with Gasteiger partial charge in [-0.2, -0.15) is 8.42 Å². The molecule has 0 aliphatic carbocycles. The number of nitrogen functional groups attached to an aromatic ring is 1. The van der Waals surface area contributed by atoms with E-state index in [4.69, 9.17) is 10.3 Å². The quantitative estimate of drug-likeness (QED) is 0.148. The van der Waals surface area contributed by atoms with E-state index in [0.29, 0.717) is 0 Å². The van der Waals surface area contributed by atoms with E-state index in [0.717, 1.165) is 18.4 Å². The number of aromatic nitrogens is 1. The maximum atomic E-state index is 12.5. The van der Waals surface area contributed by atoms with Gasteiger partial charge < -0.3 is 20.6 Å². The van der Waals surface area contributed by atoms with Gasteiger partial charge in [0.25, 0.3) is 11.8 Å². The Bertz CT molecular complexity index is 895. The summed E-state index contributed by atoms with van der Waals surface area (Å²) in [5, 5.41) is 7.34. The van der Waals surface area contributed by atoms with Crippen molar-refractivity contribution in [2.45, 2.75) is 18.5 Å². The van der Waals surface area contributed by atoms with Crippen molar-refractivity contribution in [3.05, 3.63) is 11.1 Å². The van der Waals surface area contributed by atoms with E-state index in [-0.39, 0.29) is 20.8 Å². The molecule has 1 fully saturated rings. The molecule has 1 saturated heterocycles. The lowest BCUT2D eigenvalue weighted by molar-refractivity contribution is -0.151. The van der Waals surface area contributed by atoms with Crippen LogP contribution in [-0.4, -0.2) is 72.1 Å². The molecule has 0 spiro atoms. The third kappa shape index (κ3) is 4.32. The molecule has 1 aliphatic rings. The fourth-order valence-electron chi connectivity index (χ4n) is 2.32. The van der Waals surface area contributed by atoms with Gasteiger partial charge in [0.15, 0.2) is 10.8 Å². The van der Waals surface area contributed by atoms with Crippen LogP contribution in [0.1, 0.15) is 12.1 Å². The Morgan fingerprint density at radius 1 is 1.48 bits per heavy atom. The van der Waals surface area contributed by atoms with Crippen LogP contribution in [0, 0.1) is 0 Å². The standard InChI is InChI=1S/C12H15N5O8S2/c1-24-7(18)3-6-9(11(20)17(6)27(21,22)23)15-10(19)8(16-25-2)5-4-26-12(13)14-5/h4,6,9H,3H2,1-2H3,(H2,13,14)(H,15,19)(H,21,22,23)/b16-8-. The Morgan fingerprint density at radius 3 is 2.63 bits per heavy atom. The largest absolute Gasteiger partial charge is 0.469 e. The van der Waals surface area contributed by atoms with Crippen LogP contribution in [0.15, 0.2) is 10.5 Å². The first-order chi connectivity index (χ1) is 12.6. The average molecular weight is 421 g/mol. The molecule has 1 aromatic rings. The van der Waals surface area contributed by atoms with Crippen LogP contribution in [-0.2, 0) is 34.3 Å². The van der Waals surface area contributed by atoms with Gasteiger partial charge >= 0.3 is 16.3 Å². The number of esters is 1. The fraction of sp³-hybridized carbons (Fsp3) is 0.417. The Hall–Kier alpha value is -2.78. The molecule has 2 heterocycles. The minimum Gasteiger partial charge on any atom is -0.469 e. The highest BCUT2D eigenvalue weighted by atomic mass is 32.2. The number of nitrogens with two attached hydrogens (primary N) is 1. The van der Waals surface area contributed by atoms with Crippen molar-refractivity contribution in [1.29, 1.82) is 0 Å². The number of oxime groups is 1. The van der Waals surface area contributed by atoms with Gasteiger partial charge in [0.1, 0.15) is 18.8 Å². The molecular formula is C12H15N5O8S2. The molecule has 15 heteroatoms. The zero-order chi connectivity index (χ0) is 20.4. The number of hydrogen-bond donors (Lipinski definition) is 3. The smallest absolute Gasteiger partial charge is 0.362 e. The van der Waals surface area contributed by atoms with E-state index >= 15 is 0 Å². The summed E-state index contributed by atoms with van der Waals surface area (Å²) in [6, 6.07) is -2.79. The molecule has 0 bridgehead atoms. The van der Waals surface area contributed by atoms with Crippen molar-refractivity contribution in [2.24, 2.45) is 5.16 Å². The predicted octanol–water partition coefficient (Wildman–Crippen LogP) is -1.86. The first kappa shape index (κ1) is 20.5. The number of β-lactam (4-membered cyclic amide) rings is 1. The lowest BCUT2D eigenvalue weighted by atomic mass is 9.95. The molecule has 1 aliphatic heterocycles. The predicted molar refractivity (Wildman–Crippen MR) is 90.8 cm³/mol. The number of anilines is 1. The summed E-state index contributed by atoms with van der Waals surface area (Å²) in [5.41, 5.74) is 5.26. The van der Waals surface area contributed by atoms with Crippen molar-refractivity contribution in [2.75, 3.05) is 20.0 Å². The van der Waals surface area contributed by atoms with E-state index in [9.17, 15) is 22.8 Å². The maximum absolute atomic E-state index is 12.5. The van der Waals surface area contributed by atoms with Gasteiger partial charge in [-0.05, 0) is 0 Å². The maximum Gasteiger partial charge on any atom is 0.362 e. The number of methoxy groups -OCH3 is 1. The van der Waals surface area contributed by atoms with Crippen molar-refractivity contribution in [3.63, 3.8) is 0 Å². The third-order valence-electron chi connectivity index (χ3n) is 3.47. The number of nitrogens with zero attached hydrogens (tertiary/aromatic N) is 3. The lowest BCUT2D eigenvalue weighted by Crippen LogP contribution is -2.72. The van der Waals surface area contributed by atoms with Gasteiger partial charge in [-0.3, -0.25) is 18.9 Å².